The van der Waals surface area contributed by atoms with Crippen LogP contribution in [0, 0.1) is 6.92 Å². The van der Waals surface area contributed by atoms with Gasteiger partial charge in [-0.1, -0.05) is 0 Å². The molecule has 128 valence electrons. The van der Waals surface area contributed by atoms with Crippen LogP contribution in [0.2, 0.25) is 0 Å². The molecule has 7 nitrogen and oxygen atoms in total. The zero-order valence-corrected chi connectivity index (χ0v) is 14.4. The van der Waals surface area contributed by atoms with Gasteiger partial charge in [0.25, 0.3) is 0 Å². The number of amides is 1. The average Bonchev–Trinajstić information content (AvgIpc) is 2.83. The Morgan fingerprint density at radius 2 is 2.09 bits per heavy atom. The van der Waals surface area contributed by atoms with Crippen LogP contribution in [-0.2, 0) is 22.6 Å². The highest BCUT2D eigenvalue weighted by atomic mass is 16.5. The summed E-state index contributed by atoms with van der Waals surface area (Å²) >= 11 is 0. The molecule has 1 fully saturated rings. The summed E-state index contributed by atoms with van der Waals surface area (Å²) in [5.74, 6) is 2.29. The molecular weight excluding hydrogens is 294 g/mol. The van der Waals surface area contributed by atoms with Crippen molar-refractivity contribution in [1.29, 1.82) is 0 Å². The Bertz CT molecular complexity index is 551. The SMILES string of the molecule is Cc1nnc2n1CCN(C1CN(C(=O)CCCOC(C)C)C1)C2. The third kappa shape index (κ3) is 3.72. The van der Waals surface area contributed by atoms with Gasteiger partial charge in [0.15, 0.2) is 0 Å². The zero-order chi connectivity index (χ0) is 16.4. The van der Waals surface area contributed by atoms with E-state index >= 15 is 0 Å². The Hall–Kier alpha value is -1.47. The molecule has 0 aliphatic carbocycles. The first-order chi connectivity index (χ1) is 11.0. The largest absolute Gasteiger partial charge is 0.379 e. The Morgan fingerprint density at radius 3 is 2.83 bits per heavy atom. The number of likely N-dealkylation sites (tertiary alicyclic amines) is 1. The second-order valence-corrected chi connectivity index (χ2v) is 6.76. The lowest BCUT2D eigenvalue weighted by molar-refractivity contribution is -0.139. The van der Waals surface area contributed by atoms with Gasteiger partial charge in [-0.05, 0) is 27.2 Å². The number of aryl methyl sites for hydroxylation is 1. The van der Waals surface area contributed by atoms with Gasteiger partial charge in [0.1, 0.15) is 11.6 Å². The van der Waals surface area contributed by atoms with Gasteiger partial charge in [0.05, 0.1) is 12.6 Å². The topological polar surface area (TPSA) is 63.5 Å². The van der Waals surface area contributed by atoms with Crippen molar-refractivity contribution in [3.63, 3.8) is 0 Å². The molecule has 1 amide bonds. The Labute approximate surface area is 137 Å². The number of rotatable bonds is 6. The zero-order valence-electron chi connectivity index (χ0n) is 14.4. The van der Waals surface area contributed by atoms with Gasteiger partial charge in [-0.25, -0.2) is 0 Å². The summed E-state index contributed by atoms with van der Waals surface area (Å²) in [6.07, 6.45) is 1.64. The monoisotopic (exact) mass is 321 g/mol. The molecule has 1 aromatic heterocycles. The predicted molar refractivity (Wildman–Crippen MR) is 85.9 cm³/mol. The van der Waals surface area contributed by atoms with Crippen molar-refractivity contribution in [2.45, 2.75) is 58.8 Å². The highest BCUT2D eigenvalue weighted by Crippen LogP contribution is 2.21. The van der Waals surface area contributed by atoms with Crippen molar-refractivity contribution in [3.05, 3.63) is 11.6 Å². The molecule has 0 unspecified atom stereocenters. The molecule has 7 heteroatoms. The number of hydrogen-bond acceptors (Lipinski definition) is 5. The molecule has 1 aromatic rings. The number of ether oxygens (including phenoxy) is 1. The molecule has 0 atom stereocenters. The van der Waals surface area contributed by atoms with Crippen molar-refractivity contribution in [2.24, 2.45) is 0 Å². The summed E-state index contributed by atoms with van der Waals surface area (Å²) in [6, 6.07) is 0.469. The van der Waals surface area contributed by atoms with Crippen molar-refractivity contribution < 1.29 is 9.53 Å². The quantitative estimate of drug-likeness (QED) is 0.726. The summed E-state index contributed by atoms with van der Waals surface area (Å²) in [5, 5.41) is 8.39. The Balaban J connectivity index is 1.39. The molecule has 0 radical (unpaired) electrons. The number of fused-ring (bicyclic) bond motifs is 1. The molecule has 0 bridgehead atoms. The summed E-state index contributed by atoms with van der Waals surface area (Å²) in [4.78, 5) is 16.5. The van der Waals surface area contributed by atoms with Gasteiger partial charge >= 0.3 is 0 Å². The van der Waals surface area contributed by atoms with E-state index in [2.05, 4.69) is 19.7 Å². The molecule has 2 aliphatic rings. The van der Waals surface area contributed by atoms with E-state index in [1.165, 1.54) is 0 Å². The lowest BCUT2D eigenvalue weighted by Crippen LogP contribution is -2.62. The van der Waals surface area contributed by atoms with Crippen LogP contribution in [0.25, 0.3) is 0 Å². The fourth-order valence-electron chi connectivity index (χ4n) is 3.22. The Kier molecular flexibility index (Phi) is 4.96. The maximum absolute atomic E-state index is 12.1. The van der Waals surface area contributed by atoms with Gasteiger partial charge in [0, 0.05) is 45.2 Å². The van der Waals surface area contributed by atoms with Gasteiger partial charge in [-0.15, -0.1) is 10.2 Å². The number of nitrogens with zero attached hydrogens (tertiary/aromatic N) is 5. The Morgan fingerprint density at radius 1 is 1.30 bits per heavy atom. The number of carbonyl (C=O) groups excluding carboxylic acids is 1. The molecule has 0 aromatic carbocycles. The second-order valence-electron chi connectivity index (χ2n) is 6.76. The maximum Gasteiger partial charge on any atom is 0.222 e. The van der Waals surface area contributed by atoms with E-state index in [9.17, 15) is 4.79 Å². The third-order valence-electron chi connectivity index (χ3n) is 4.69. The smallest absolute Gasteiger partial charge is 0.222 e. The first-order valence-electron chi connectivity index (χ1n) is 8.56. The van der Waals surface area contributed by atoms with Crippen LogP contribution in [-0.4, -0.2) is 68.9 Å². The summed E-state index contributed by atoms with van der Waals surface area (Å²) in [6.45, 7) is 11.2. The molecule has 2 aliphatic heterocycles. The molecule has 0 saturated carbocycles. The minimum Gasteiger partial charge on any atom is -0.379 e. The fourth-order valence-corrected chi connectivity index (χ4v) is 3.22. The van der Waals surface area contributed by atoms with Crippen LogP contribution in [0.1, 0.15) is 38.3 Å². The molecule has 0 N–H and O–H groups in total. The lowest BCUT2D eigenvalue weighted by Gasteiger charge is -2.46. The van der Waals surface area contributed by atoms with Gasteiger partial charge in [0.2, 0.25) is 5.91 Å². The van der Waals surface area contributed by atoms with Crippen LogP contribution in [0.3, 0.4) is 0 Å². The van der Waals surface area contributed by atoms with Gasteiger partial charge in [-0.3, -0.25) is 9.69 Å². The first kappa shape index (κ1) is 16.4. The predicted octanol–water partition coefficient (Wildman–Crippen LogP) is 0.818. The van der Waals surface area contributed by atoms with Crippen molar-refractivity contribution >= 4 is 5.91 Å². The minimum absolute atomic E-state index is 0.239. The fraction of sp³-hybridized carbons (Fsp3) is 0.812. The highest BCUT2D eigenvalue weighted by molar-refractivity contribution is 5.77. The molecule has 3 heterocycles. The average molecular weight is 321 g/mol. The number of aromatic nitrogens is 3. The normalized spacial score (nSPS) is 19.0. The number of hydrogen-bond donors (Lipinski definition) is 0. The third-order valence-corrected chi connectivity index (χ3v) is 4.69. The van der Waals surface area contributed by atoms with E-state index in [0.717, 1.165) is 50.8 Å². The van der Waals surface area contributed by atoms with E-state index in [1.807, 2.05) is 25.7 Å². The summed E-state index contributed by atoms with van der Waals surface area (Å²) < 4.78 is 7.67. The van der Waals surface area contributed by atoms with Crippen LogP contribution in [0.15, 0.2) is 0 Å². The van der Waals surface area contributed by atoms with E-state index in [0.29, 0.717) is 19.1 Å². The molecule has 1 saturated heterocycles. The van der Waals surface area contributed by atoms with Crippen molar-refractivity contribution in [3.8, 4) is 0 Å². The van der Waals surface area contributed by atoms with E-state index in [1.54, 1.807) is 0 Å². The van der Waals surface area contributed by atoms with E-state index in [4.69, 9.17) is 4.74 Å². The van der Waals surface area contributed by atoms with Crippen LogP contribution in [0.4, 0.5) is 0 Å². The molecule has 23 heavy (non-hydrogen) atoms. The molecule has 3 rings (SSSR count). The first-order valence-corrected chi connectivity index (χ1v) is 8.56. The van der Waals surface area contributed by atoms with Crippen molar-refractivity contribution in [2.75, 3.05) is 26.2 Å². The van der Waals surface area contributed by atoms with E-state index < -0.39 is 0 Å². The molecule has 0 spiro atoms. The van der Waals surface area contributed by atoms with Crippen LogP contribution >= 0.6 is 0 Å². The maximum atomic E-state index is 12.1. The highest BCUT2D eigenvalue weighted by Gasteiger charge is 2.36. The van der Waals surface area contributed by atoms with Gasteiger partial charge in [-0.2, -0.15) is 0 Å². The number of carbonyl (C=O) groups is 1. The summed E-state index contributed by atoms with van der Waals surface area (Å²) in [5.41, 5.74) is 0. The van der Waals surface area contributed by atoms with E-state index in [-0.39, 0.29) is 12.0 Å². The molecular formula is C16H27N5O2. The second kappa shape index (κ2) is 6.97. The lowest BCUT2D eigenvalue weighted by atomic mass is 10.1. The summed E-state index contributed by atoms with van der Waals surface area (Å²) in [7, 11) is 0. The standard InChI is InChI=1S/C16H27N5O2/c1-12(2)23-8-4-5-16(22)20-9-14(10-20)19-6-7-21-13(3)17-18-15(21)11-19/h12,14H,4-11H2,1-3H3. The van der Waals surface area contributed by atoms with Crippen molar-refractivity contribution in [1.82, 2.24) is 24.6 Å². The van der Waals surface area contributed by atoms with Crippen LogP contribution in [0.5, 0.6) is 0 Å². The van der Waals surface area contributed by atoms with Crippen LogP contribution < -0.4 is 0 Å². The minimum atomic E-state index is 0.239. The van der Waals surface area contributed by atoms with Gasteiger partial charge < -0.3 is 14.2 Å².